The van der Waals surface area contributed by atoms with Gasteiger partial charge in [0, 0.05) is 43.2 Å². The molecule has 2 heterocycles. The minimum Gasteiger partial charge on any atom is -0.507 e. The van der Waals surface area contributed by atoms with Gasteiger partial charge in [0.1, 0.15) is 17.2 Å². The molecule has 0 bridgehead atoms. The summed E-state index contributed by atoms with van der Waals surface area (Å²) in [6.45, 7) is 3.75. The van der Waals surface area contributed by atoms with Crippen LogP contribution in [0.5, 0.6) is 17.2 Å². The van der Waals surface area contributed by atoms with E-state index in [1.54, 1.807) is 31.6 Å². The van der Waals surface area contributed by atoms with E-state index in [2.05, 4.69) is 21.7 Å². The van der Waals surface area contributed by atoms with Crippen LogP contribution in [0.3, 0.4) is 0 Å². The van der Waals surface area contributed by atoms with Gasteiger partial charge in [-0.2, -0.15) is 0 Å². The van der Waals surface area contributed by atoms with Crippen molar-refractivity contribution in [3.8, 4) is 17.2 Å². The van der Waals surface area contributed by atoms with Crippen molar-refractivity contribution in [1.82, 2.24) is 10.2 Å². The van der Waals surface area contributed by atoms with Crippen LogP contribution in [0, 0.1) is 0 Å². The third-order valence-corrected chi connectivity index (χ3v) is 5.08. The molecule has 0 radical (unpaired) electrons. The van der Waals surface area contributed by atoms with E-state index in [0.717, 1.165) is 31.7 Å². The average Bonchev–Trinajstić information content (AvgIpc) is 3.11. The lowest BCUT2D eigenvalue weighted by Crippen LogP contribution is -2.45. The second-order valence-corrected chi connectivity index (χ2v) is 6.45. The summed E-state index contributed by atoms with van der Waals surface area (Å²) in [5.41, 5.74) is 0.803. The van der Waals surface area contributed by atoms with Gasteiger partial charge in [-0.15, -0.1) is 36.2 Å². The summed E-state index contributed by atoms with van der Waals surface area (Å²) in [5.74, 6) is 1.45. The Bertz CT molecular complexity index is 650. The van der Waals surface area contributed by atoms with Crippen LogP contribution in [0.4, 0.5) is 0 Å². The summed E-state index contributed by atoms with van der Waals surface area (Å²) in [4.78, 5) is 3.58. The Morgan fingerprint density at radius 3 is 2.44 bits per heavy atom. The van der Waals surface area contributed by atoms with E-state index in [9.17, 15) is 5.11 Å². The number of halogens is 2. The molecule has 0 saturated carbocycles. The van der Waals surface area contributed by atoms with E-state index in [-0.39, 0.29) is 36.6 Å². The average molecular weight is 407 g/mol. The minimum atomic E-state index is -0.0158. The summed E-state index contributed by atoms with van der Waals surface area (Å²) >= 11 is 1.70. The monoisotopic (exact) mass is 406 g/mol. The number of piperazine rings is 1. The van der Waals surface area contributed by atoms with Crippen LogP contribution in [0.15, 0.2) is 29.6 Å². The lowest BCUT2D eigenvalue weighted by atomic mass is 10.00. The summed E-state index contributed by atoms with van der Waals surface area (Å²) in [7, 11) is 3.21. The molecule has 1 aliphatic heterocycles. The second kappa shape index (κ2) is 10.1. The van der Waals surface area contributed by atoms with Crippen molar-refractivity contribution in [3.63, 3.8) is 0 Å². The largest absolute Gasteiger partial charge is 0.507 e. The molecule has 1 aromatic carbocycles. The maximum atomic E-state index is 10.6. The van der Waals surface area contributed by atoms with Crippen LogP contribution in [-0.2, 0) is 0 Å². The molecule has 1 aliphatic rings. The molecule has 1 saturated heterocycles. The van der Waals surface area contributed by atoms with Crippen molar-refractivity contribution >= 4 is 36.2 Å². The normalized spacial score (nSPS) is 15.6. The van der Waals surface area contributed by atoms with Gasteiger partial charge in [-0.25, -0.2) is 0 Å². The Morgan fingerprint density at radius 2 is 1.88 bits per heavy atom. The van der Waals surface area contributed by atoms with Gasteiger partial charge in [-0.3, -0.25) is 4.90 Å². The Kier molecular flexibility index (Phi) is 8.82. The molecular weight excluding hydrogens is 383 g/mol. The van der Waals surface area contributed by atoms with Crippen LogP contribution in [-0.4, -0.2) is 50.4 Å². The van der Waals surface area contributed by atoms with Crippen molar-refractivity contribution < 1.29 is 14.6 Å². The molecule has 3 rings (SSSR count). The zero-order valence-corrected chi connectivity index (χ0v) is 16.7. The highest BCUT2D eigenvalue weighted by Crippen LogP contribution is 2.44. The fourth-order valence-corrected chi connectivity index (χ4v) is 3.91. The molecule has 1 aromatic heterocycles. The van der Waals surface area contributed by atoms with E-state index in [1.807, 2.05) is 12.1 Å². The zero-order chi connectivity index (χ0) is 16.2. The summed E-state index contributed by atoms with van der Waals surface area (Å²) in [6, 6.07) is 7.62. The number of hydrogen-bond acceptors (Lipinski definition) is 6. The first-order valence-corrected chi connectivity index (χ1v) is 8.55. The van der Waals surface area contributed by atoms with Crippen molar-refractivity contribution in [1.29, 1.82) is 0 Å². The Balaban J connectivity index is 0.00000156. The Hall–Kier alpha value is -1.18. The highest BCUT2D eigenvalue weighted by molar-refractivity contribution is 7.10. The molecule has 5 nitrogen and oxygen atoms in total. The van der Waals surface area contributed by atoms with Crippen molar-refractivity contribution in [2.24, 2.45) is 0 Å². The van der Waals surface area contributed by atoms with Gasteiger partial charge in [-0.05, 0) is 11.4 Å². The molecule has 0 amide bonds. The molecule has 1 fully saturated rings. The SMILES string of the molecule is COc1cc(O)c([C@H](c2cccs2)N2CCNCC2)c(OC)c1.Cl.Cl. The van der Waals surface area contributed by atoms with Gasteiger partial charge >= 0.3 is 0 Å². The number of phenolic OH excluding ortho intramolecular Hbond substituents is 1. The number of nitrogens with zero attached hydrogens (tertiary/aromatic N) is 1. The summed E-state index contributed by atoms with van der Waals surface area (Å²) in [5, 5.41) is 16.1. The number of thiophene rings is 1. The molecule has 0 spiro atoms. The van der Waals surface area contributed by atoms with Crippen LogP contribution in [0.1, 0.15) is 16.5 Å². The van der Waals surface area contributed by atoms with Gasteiger partial charge in [-0.1, -0.05) is 6.07 Å². The Morgan fingerprint density at radius 1 is 1.16 bits per heavy atom. The molecule has 8 heteroatoms. The third-order valence-electron chi connectivity index (χ3n) is 4.15. The quantitative estimate of drug-likeness (QED) is 0.797. The van der Waals surface area contributed by atoms with E-state index < -0.39 is 0 Å². The molecule has 25 heavy (non-hydrogen) atoms. The number of ether oxygens (including phenoxy) is 2. The van der Waals surface area contributed by atoms with E-state index in [1.165, 1.54) is 4.88 Å². The first-order chi connectivity index (χ1) is 11.2. The fraction of sp³-hybridized carbons (Fsp3) is 0.412. The third kappa shape index (κ3) is 4.71. The zero-order valence-electron chi connectivity index (χ0n) is 14.2. The molecule has 0 aliphatic carbocycles. The lowest BCUT2D eigenvalue weighted by molar-refractivity contribution is 0.194. The fourth-order valence-electron chi connectivity index (χ4n) is 3.04. The first kappa shape index (κ1) is 21.9. The second-order valence-electron chi connectivity index (χ2n) is 5.47. The minimum absolute atomic E-state index is 0. The van der Waals surface area contributed by atoms with Crippen LogP contribution in [0.25, 0.3) is 0 Å². The highest BCUT2D eigenvalue weighted by Gasteiger charge is 2.30. The molecule has 1 atom stereocenters. The van der Waals surface area contributed by atoms with Crippen LogP contribution >= 0.6 is 36.2 Å². The number of methoxy groups -OCH3 is 2. The van der Waals surface area contributed by atoms with Gasteiger partial charge in [0.05, 0.1) is 25.8 Å². The summed E-state index contributed by atoms with van der Waals surface area (Å²) < 4.78 is 10.8. The number of hydrogen-bond donors (Lipinski definition) is 2. The molecule has 2 aromatic rings. The predicted molar refractivity (Wildman–Crippen MR) is 106 cm³/mol. The Labute approximate surface area is 164 Å². The summed E-state index contributed by atoms with van der Waals surface area (Å²) in [6.07, 6.45) is 0. The highest BCUT2D eigenvalue weighted by atomic mass is 35.5. The molecule has 2 N–H and O–H groups in total. The maximum Gasteiger partial charge on any atom is 0.131 e. The van der Waals surface area contributed by atoms with Crippen molar-refractivity contribution in [2.75, 3.05) is 40.4 Å². The molecule has 0 unspecified atom stereocenters. The van der Waals surface area contributed by atoms with Crippen LogP contribution < -0.4 is 14.8 Å². The number of aromatic hydroxyl groups is 1. The van der Waals surface area contributed by atoms with E-state index in [4.69, 9.17) is 9.47 Å². The molecular formula is C17H24Cl2N2O3S. The topological polar surface area (TPSA) is 54.0 Å². The first-order valence-electron chi connectivity index (χ1n) is 7.67. The van der Waals surface area contributed by atoms with Gasteiger partial charge in [0.2, 0.25) is 0 Å². The predicted octanol–water partition coefficient (Wildman–Crippen LogP) is 3.31. The standard InChI is InChI=1S/C17H22N2O3S.2ClH/c1-21-12-10-13(20)16(14(11-12)22-2)17(15-4-3-9-23-15)19-7-5-18-6-8-19;;/h3-4,9-11,17-18,20H,5-8H2,1-2H3;2*1H/t17-;;/m0../s1. The number of benzene rings is 1. The van der Waals surface area contributed by atoms with Crippen molar-refractivity contribution in [2.45, 2.75) is 6.04 Å². The lowest BCUT2D eigenvalue weighted by Gasteiger charge is -2.35. The van der Waals surface area contributed by atoms with Crippen LogP contribution in [0.2, 0.25) is 0 Å². The maximum absolute atomic E-state index is 10.6. The van der Waals surface area contributed by atoms with E-state index >= 15 is 0 Å². The molecule has 140 valence electrons. The smallest absolute Gasteiger partial charge is 0.131 e. The van der Waals surface area contributed by atoms with Crippen molar-refractivity contribution in [3.05, 3.63) is 40.1 Å². The number of rotatable bonds is 5. The van der Waals surface area contributed by atoms with Gasteiger partial charge in [0.25, 0.3) is 0 Å². The van der Waals surface area contributed by atoms with Gasteiger partial charge < -0.3 is 19.9 Å². The number of phenols is 1. The van der Waals surface area contributed by atoms with E-state index in [0.29, 0.717) is 11.5 Å². The number of nitrogens with one attached hydrogen (secondary N) is 1. The van der Waals surface area contributed by atoms with Gasteiger partial charge in [0.15, 0.2) is 0 Å².